The molecule has 23 heavy (non-hydrogen) atoms. The van der Waals surface area contributed by atoms with Crippen molar-refractivity contribution >= 4 is 46.3 Å². The van der Waals surface area contributed by atoms with Gasteiger partial charge in [0.1, 0.15) is 17.3 Å². The lowest BCUT2D eigenvalue weighted by Gasteiger charge is -2.13. The van der Waals surface area contributed by atoms with Gasteiger partial charge in [-0.05, 0) is 42.0 Å². The number of nitrogens with zero attached hydrogens (tertiary/aromatic N) is 1. The fourth-order valence-electron chi connectivity index (χ4n) is 1.88. The van der Waals surface area contributed by atoms with Gasteiger partial charge in [-0.25, -0.2) is 0 Å². The molecule has 0 N–H and O–H groups in total. The van der Waals surface area contributed by atoms with Gasteiger partial charge in [0.05, 0.1) is 18.6 Å². The first-order valence-electron chi connectivity index (χ1n) is 7.10. The molecule has 1 aromatic rings. The van der Waals surface area contributed by atoms with Crippen molar-refractivity contribution in [2.24, 2.45) is 0 Å². The van der Waals surface area contributed by atoms with E-state index in [1.165, 1.54) is 4.90 Å². The van der Waals surface area contributed by atoms with E-state index in [4.69, 9.17) is 21.7 Å². The number of thiocarbonyl (C=S) groups is 1. The smallest absolute Gasteiger partial charge is 0.326 e. The molecule has 0 unspecified atom stereocenters. The van der Waals surface area contributed by atoms with E-state index in [-0.39, 0.29) is 11.8 Å². The summed E-state index contributed by atoms with van der Waals surface area (Å²) in [5, 5.41) is -0.261. The normalized spacial score (nSPS) is 16.1. The number of carbonyl (C=O) groups is 2. The number of thioether (sulfide) groups is 1. The first kappa shape index (κ1) is 17.5. The van der Waals surface area contributed by atoms with Crippen LogP contribution in [-0.2, 0) is 9.53 Å². The number of benzene rings is 1. The van der Waals surface area contributed by atoms with Crippen LogP contribution in [0.3, 0.4) is 0 Å². The maximum Gasteiger partial charge on any atom is 0.326 e. The Hall–Kier alpha value is -1.86. The summed E-state index contributed by atoms with van der Waals surface area (Å²) in [4.78, 5) is 26.0. The molecular formula is C16H17NO4S2. The lowest BCUT2D eigenvalue weighted by Crippen LogP contribution is -2.33. The summed E-state index contributed by atoms with van der Waals surface area (Å²) >= 11 is 6.32. The summed E-state index contributed by atoms with van der Waals surface area (Å²) in [6, 6.07) is 7.41. The molecule has 0 radical (unpaired) electrons. The van der Waals surface area contributed by atoms with Gasteiger partial charge >= 0.3 is 5.97 Å². The van der Waals surface area contributed by atoms with Crippen LogP contribution in [0.15, 0.2) is 29.2 Å². The fourth-order valence-corrected chi connectivity index (χ4v) is 3.11. The van der Waals surface area contributed by atoms with Gasteiger partial charge in [-0.3, -0.25) is 14.5 Å². The molecule has 1 aromatic carbocycles. The van der Waals surface area contributed by atoms with E-state index in [9.17, 15) is 9.59 Å². The second-order valence-electron chi connectivity index (χ2n) is 4.76. The minimum atomic E-state index is -0.450. The predicted molar refractivity (Wildman–Crippen MR) is 94.5 cm³/mol. The molecular weight excluding hydrogens is 334 g/mol. The molecule has 2 rings (SSSR count). The third-order valence-corrected chi connectivity index (χ3v) is 4.54. The minimum absolute atomic E-state index is 0.148. The Bertz CT molecular complexity index is 640. The van der Waals surface area contributed by atoms with Crippen LogP contribution in [0.1, 0.15) is 18.9 Å². The van der Waals surface area contributed by atoms with Gasteiger partial charge in [-0.1, -0.05) is 31.3 Å². The third-order valence-electron chi connectivity index (χ3n) is 3.04. The molecule has 122 valence electrons. The van der Waals surface area contributed by atoms with Gasteiger partial charge in [0, 0.05) is 0 Å². The van der Waals surface area contributed by atoms with Crippen molar-refractivity contribution in [2.45, 2.75) is 13.3 Å². The zero-order valence-corrected chi connectivity index (χ0v) is 14.5. The number of esters is 1. The monoisotopic (exact) mass is 351 g/mol. The minimum Gasteiger partial charge on any atom is -0.497 e. The van der Waals surface area contributed by atoms with Gasteiger partial charge in [-0.2, -0.15) is 0 Å². The molecule has 5 nitrogen and oxygen atoms in total. The van der Waals surface area contributed by atoms with E-state index in [0.717, 1.165) is 29.5 Å². The summed E-state index contributed by atoms with van der Waals surface area (Å²) in [6.45, 7) is 2.10. The SMILES string of the molecule is CCCOC(=O)CN1C(=O)S/C(=C/c2ccc(OC)cc2)C1=S. The highest BCUT2D eigenvalue weighted by Crippen LogP contribution is 2.33. The summed E-state index contributed by atoms with van der Waals surface area (Å²) < 4.78 is 10.1. The Labute approximate surface area is 144 Å². The Kier molecular flexibility index (Phi) is 6.18. The molecule has 7 heteroatoms. The maximum atomic E-state index is 12.0. The molecule has 1 aliphatic rings. The fraction of sp³-hybridized carbons (Fsp3) is 0.312. The van der Waals surface area contributed by atoms with Crippen LogP contribution in [0, 0.1) is 0 Å². The topological polar surface area (TPSA) is 55.8 Å². The van der Waals surface area contributed by atoms with Gasteiger partial charge in [-0.15, -0.1) is 0 Å². The highest BCUT2D eigenvalue weighted by Gasteiger charge is 2.33. The average Bonchev–Trinajstić information content (AvgIpc) is 2.81. The molecule has 0 aromatic heterocycles. The molecule has 0 bridgehead atoms. The van der Waals surface area contributed by atoms with Gasteiger partial charge in [0.25, 0.3) is 5.24 Å². The van der Waals surface area contributed by atoms with E-state index in [1.54, 1.807) is 7.11 Å². The third kappa shape index (κ3) is 4.56. The van der Waals surface area contributed by atoms with E-state index in [2.05, 4.69) is 0 Å². The number of ether oxygens (including phenoxy) is 2. The molecule has 1 fully saturated rings. The lowest BCUT2D eigenvalue weighted by molar-refractivity contribution is -0.143. The number of hydrogen-bond donors (Lipinski definition) is 0. The van der Waals surface area contributed by atoms with Gasteiger partial charge < -0.3 is 9.47 Å². The largest absolute Gasteiger partial charge is 0.497 e. The molecule has 1 aliphatic heterocycles. The van der Waals surface area contributed by atoms with Crippen LogP contribution in [0.2, 0.25) is 0 Å². The average molecular weight is 351 g/mol. The Morgan fingerprint density at radius 3 is 2.65 bits per heavy atom. The van der Waals surface area contributed by atoms with Crippen molar-refractivity contribution in [3.05, 3.63) is 34.7 Å². The number of carbonyl (C=O) groups excluding carboxylic acids is 2. The van der Waals surface area contributed by atoms with Crippen LogP contribution in [0.4, 0.5) is 4.79 Å². The number of methoxy groups -OCH3 is 1. The lowest BCUT2D eigenvalue weighted by atomic mass is 10.2. The molecule has 0 saturated carbocycles. The van der Waals surface area contributed by atoms with E-state index < -0.39 is 5.97 Å². The van der Waals surface area contributed by atoms with E-state index in [0.29, 0.717) is 16.5 Å². The molecule has 1 amide bonds. The molecule has 0 spiro atoms. The molecule has 1 heterocycles. The van der Waals surface area contributed by atoms with Crippen molar-refractivity contribution < 1.29 is 19.1 Å². The zero-order chi connectivity index (χ0) is 16.8. The maximum absolute atomic E-state index is 12.0. The van der Waals surface area contributed by atoms with Crippen LogP contribution >= 0.6 is 24.0 Å². The van der Waals surface area contributed by atoms with Crippen molar-refractivity contribution in [1.29, 1.82) is 0 Å². The second-order valence-corrected chi connectivity index (χ2v) is 6.14. The summed E-state index contributed by atoms with van der Waals surface area (Å²) in [6.07, 6.45) is 2.56. The predicted octanol–water partition coefficient (Wildman–Crippen LogP) is 3.49. The summed E-state index contributed by atoms with van der Waals surface area (Å²) in [5.74, 6) is 0.305. The molecule has 1 saturated heterocycles. The first-order valence-corrected chi connectivity index (χ1v) is 8.32. The Morgan fingerprint density at radius 1 is 1.35 bits per heavy atom. The van der Waals surface area contributed by atoms with Crippen molar-refractivity contribution in [3.8, 4) is 5.75 Å². The van der Waals surface area contributed by atoms with Crippen molar-refractivity contribution in [1.82, 2.24) is 4.90 Å². The van der Waals surface area contributed by atoms with E-state index in [1.807, 2.05) is 37.3 Å². The summed E-state index contributed by atoms with van der Waals surface area (Å²) in [7, 11) is 1.60. The van der Waals surface area contributed by atoms with Crippen LogP contribution in [0.25, 0.3) is 6.08 Å². The first-order chi connectivity index (χ1) is 11.0. The van der Waals surface area contributed by atoms with Crippen molar-refractivity contribution in [2.75, 3.05) is 20.3 Å². The van der Waals surface area contributed by atoms with E-state index >= 15 is 0 Å². The van der Waals surface area contributed by atoms with Gasteiger partial charge in [0.15, 0.2) is 0 Å². The molecule has 0 aliphatic carbocycles. The van der Waals surface area contributed by atoms with Crippen LogP contribution in [-0.4, -0.2) is 41.4 Å². The van der Waals surface area contributed by atoms with Crippen LogP contribution in [0.5, 0.6) is 5.75 Å². The number of amides is 1. The standard InChI is InChI=1S/C16H17NO4S2/c1-3-8-21-14(18)10-17-15(22)13(23-16(17)19)9-11-4-6-12(20-2)7-5-11/h4-7,9H,3,8,10H2,1-2H3/b13-9+. The Balaban J connectivity index is 2.07. The summed E-state index contributed by atoms with van der Waals surface area (Å²) in [5.41, 5.74) is 0.902. The van der Waals surface area contributed by atoms with Gasteiger partial charge in [0.2, 0.25) is 0 Å². The highest BCUT2D eigenvalue weighted by atomic mass is 32.2. The Morgan fingerprint density at radius 2 is 2.04 bits per heavy atom. The number of rotatable bonds is 6. The molecule has 0 atom stereocenters. The zero-order valence-electron chi connectivity index (χ0n) is 12.9. The van der Waals surface area contributed by atoms with Crippen LogP contribution < -0.4 is 4.74 Å². The quantitative estimate of drug-likeness (QED) is 0.444. The highest BCUT2D eigenvalue weighted by molar-refractivity contribution is 8.19. The second kappa shape index (κ2) is 8.12. The number of hydrogen-bond acceptors (Lipinski definition) is 6. The van der Waals surface area contributed by atoms with Crippen molar-refractivity contribution in [3.63, 3.8) is 0 Å².